The van der Waals surface area contributed by atoms with E-state index in [0.717, 1.165) is 0 Å². The summed E-state index contributed by atoms with van der Waals surface area (Å²) in [6, 6.07) is -0.667. The van der Waals surface area contributed by atoms with Gasteiger partial charge in [-0.1, -0.05) is 0 Å². The molecular weight excluding hydrogens is 262 g/mol. The number of hydrogen-bond donors (Lipinski definition) is 3. The summed E-state index contributed by atoms with van der Waals surface area (Å²) in [4.78, 5) is 31.5. The fraction of sp³-hybridized carbons (Fsp3) is 0.500. The van der Waals surface area contributed by atoms with E-state index in [1.807, 2.05) is 0 Å². The van der Waals surface area contributed by atoms with Crippen LogP contribution in [-0.2, 0) is 9.53 Å². The minimum Gasteiger partial charge on any atom is -0.383 e. The summed E-state index contributed by atoms with van der Waals surface area (Å²) >= 11 is 0. The van der Waals surface area contributed by atoms with Crippen LogP contribution in [0.4, 0.5) is 5.82 Å². The first kappa shape index (κ1) is 15.8. The Morgan fingerprint density at radius 1 is 1.40 bits per heavy atom. The van der Waals surface area contributed by atoms with Gasteiger partial charge >= 0.3 is 0 Å². The van der Waals surface area contributed by atoms with Crippen LogP contribution in [0.5, 0.6) is 0 Å². The van der Waals surface area contributed by atoms with E-state index in [0.29, 0.717) is 19.0 Å². The van der Waals surface area contributed by atoms with E-state index in [2.05, 4.69) is 25.9 Å². The quantitative estimate of drug-likeness (QED) is 0.576. The Kier molecular flexibility index (Phi) is 6.38. The van der Waals surface area contributed by atoms with Crippen molar-refractivity contribution in [2.24, 2.45) is 0 Å². The molecule has 0 aliphatic rings. The van der Waals surface area contributed by atoms with Crippen molar-refractivity contribution in [3.8, 4) is 0 Å². The summed E-state index contributed by atoms with van der Waals surface area (Å²) in [5, 5.41) is 7.97. The second-order valence-corrected chi connectivity index (χ2v) is 4.02. The lowest BCUT2D eigenvalue weighted by atomic mass is 10.3. The van der Waals surface area contributed by atoms with Crippen molar-refractivity contribution in [2.45, 2.75) is 13.0 Å². The topological polar surface area (TPSA) is 105 Å². The Labute approximate surface area is 117 Å². The van der Waals surface area contributed by atoms with E-state index in [-0.39, 0.29) is 11.6 Å². The average molecular weight is 281 g/mol. The molecule has 1 rings (SSSR count). The van der Waals surface area contributed by atoms with Crippen molar-refractivity contribution < 1.29 is 14.3 Å². The maximum absolute atomic E-state index is 11.9. The number of carbonyl (C=O) groups is 2. The van der Waals surface area contributed by atoms with Gasteiger partial charge in [0.2, 0.25) is 5.91 Å². The molecule has 3 N–H and O–H groups in total. The van der Waals surface area contributed by atoms with Gasteiger partial charge < -0.3 is 20.7 Å². The summed E-state index contributed by atoms with van der Waals surface area (Å²) in [6.07, 6.45) is 2.84. The van der Waals surface area contributed by atoms with Crippen molar-refractivity contribution in [1.29, 1.82) is 0 Å². The molecule has 1 atom stereocenters. The van der Waals surface area contributed by atoms with Crippen LogP contribution in [0.15, 0.2) is 12.4 Å². The van der Waals surface area contributed by atoms with Gasteiger partial charge in [0, 0.05) is 20.7 Å². The number of nitrogens with zero attached hydrogens (tertiary/aromatic N) is 2. The molecule has 0 fully saturated rings. The lowest BCUT2D eigenvalue weighted by Gasteiger charge is -2.13. The summed E-state index contributed by atoms with van der Waals surface area (Å²) in [7, 11) is 3.22. The van der Waals surface area contributed by atoms with Crippen molar-refractivity contribution in [3.63, 3.8) is 0 Å². The molecule has 20 heavy (non-hydrogen) atoms. The molecule has 1 aromatic rings. The Morgan fingerprint density at radius 3 is 2.80 bits per heavy atom. The zero-order valence-electron chi connectivity index (χ0n) is 11.8. The first-order valence-corrected chi connectivity index (χ1v) is 6.15. The number of nitrogens with one attached hydrogen (secondary N) is 3. The smallest absolute Gasteiger partial charge is 0.272 e. The summed E-state index contributed by atoms with van der Waals surface area (Å²) in [5.74, 6) is -0.257. The maximum atomic E-state index is 11.9. The fourth-order valence-electron chi connectivity index (χ4n) is 1.36. The van der Waals surface area contributed by atoms with Crippen molar-refractivity contribution >= 4 is 17.6 Å². The molecule has 1 heterocycles. The molecule has 0 spiro atoms. The zero-order chi connectivity index (χ0) is 15.0. The minimum absolute atomic E-state index is 0.147. The molecule has 0 aliphatic heterocycles. The van der Waals surface area contributed by atoms with Crippen LogP contribution >= 0.6 is 0 Å². The minimum atomic E-state index is -0.667. The molecular formula is C12H19N5O3. The van der Waals surface area contributed by atoms with E-state index in [4.69, 9.17) is 4.74 Å². The number of hydrogen-bond acceptors (Lipinski definition) is 6. The number of methoxy groups -OCH3 is 1. The van der Waals surface area contributed by atoms with E-state index < -0.39 is 11.9 Å². The van der Waals surface area contributed by atoms with Crippen LogP contribution in [0.2, 0.25) is 0 Å². The Hall–Kier alpha value is -2.22. The number of ether oxygens (including phenoxy) is 1. The second kappa shape index (κ2) is 8.05. The van der Waals surface area contributed by atoms with Gasteiger partial charge in [0.15, 0.2) is 0 Å². The molecule has 1 unspecified atom stereocenters. The van der Waals surface area contributed by atoms with E-state index in [9.17, 15) is 9.59 Å². The third-order valence-corrected chi connectivity index (χ3v) is 2.47. The van der Waals surface area contributed by atoms with Gasteiger partial charge in [-0.15, -0.1) is 0 Å². The molecule has 0 radical (unpaired) electrons. The highest BCUT2D eigenvalue weighted by Crippen LogP contribution is 2.01. The van der Waals surface area contributed by atoms with Gasteiger partial charge in [-0.2, -0.15) is 0 Å². The molecule has 0 saturated heterocycles. The Balaban J connectivity index is 2.54. The molecule has 0 aliphatic carbocycles. The highest BCUT2D eigenvalue weighted by molar-refractivity contribution is 5.95. The van der Waals surface area contributed by atoms with Crippen LogP contribution in [0, 0.1) is 0 Å². The molecule has 1 aromatic heterocycles. The standard InChI is InChI=1S/C12H19N5O3/c1-8(11(18)15-4-5-20-3)16-12(19)9-6-14-7-10(13-2)17-9/h6-8H,4-5H2,1-3H3,(H,13,17)(H,15,18)(H,16,19). The molecule has 0 aromatic carbocycles. The van der Waals surface area contributed by atoms with Gasteiger partial charge in [-0.05, 0) is 6.92 Å². The van der Waals surface area contributed by atoms with Crippen LogP contribution in [0.25, 0.3) is 0 Å². The second-order valence-electron chi connectivity index (χ2n) is 4.02. The highest BCUT2D eigenvalue weighted by atomic mass is 16.5. The fourth-order valence-corrected chi connectivity index (χ4v) is 1.36. The first-order valence-electron chi connectivity index (χ1n) is 6.15. The number of aromatic nitrogens is 2. The zero-order valence-corrected chi connectivity index (χ0v) is 11.8. The SMILES string of the molecule is CNc1cncc(C(=O)NC(C)C(=O)NCCOC)n1. The van der Waals surface area contributed by atoms with Crippen LogP contribution < -0.4 is 16.0 Å². The van der Waals surface area contributed by atoms with Crippen LogP contribution in [-0.4, -0.2) is 55.1 Å². The normalized spacial score (nSPS) is 11.6. The monoisotopic (exact) mass is 281 g/mol. The van der Waals surface area contributed by atoms with E-state index in [1.165, 1.54) is 12.4 Å². The highest BCUT2D eigenvalue weighted by Gasteiger charge is 2.17. The van der Waals surface area contributed by atoms with E-state index >= 15 is 0 Å². The molecule has 8 nitrogen and oxygen atoms in total. The lowest BCUT2D eigenvalue weighted by Crippen LogP contribution is -2.45. The Bertz CT molecular complexity index is 466. The molecule has 0 bridgehead atoms. The summed E-state index contributed by atoms with van der Waals surface area (Å²) in [5.41, 5.74) is 0.147. The van der Waals surface area contributed by atoms with Gasteiger partial charge in [-0.25, -0.2) is 4.98 Å². The molecule has 8 heteroatoms. The molecule has 0 saturated carbocycles. The van der Waals surface area contributed by atoms with Gasteiger partial charge in [0.05, 0.1) is 19.0 Å². The van der Waals surface area contributed by atoms with E-state index in [1.54, 1.807) is 21.1 Å². The predicted molar refractivity (Wildman–Crippen MR) is 73.4 cm³/mol. The summed E-state index contributed by atoms with van der Waals surface area (Å²) in [6.45, 7) is 2.40. The maximum Gasteiger partial charge on any atom is 0.272 e. The van der Waals surface area contributed by atoms with Crippen LogP contribution in [0.3, 0.4) is 0 Å². The number of carbonyl (C=O) groups excluding carboxylic acids is 2. The largest absolute Gasteiger partial charge is 0.383 e. The average Bonchev–Trinajstić information content (AvgIpc) is 2.47. The van der Waals surface area contributed by atoms with Gasteiger partial charge in [0.25, 0.3) is 5.91 Å². The predicted octanol–water partition coefficient (Wildman–Crippen LogP) is -0.601. The van der Waals surface area contributed by atoms with Crippen LogP contribution in [0.1, 0.15) is 17.4 Å². The van der Waals surface area contributed by atoms with Crippen molar-refractivity contribution in [3.05, 3.63) is 18.1 Å². The molecule has 110 valence electrons. The Morgan fingerprint density at radius 2 is 2.15 bits per heavy atom. The number of anilines is 1. The number of rotatable bonds is 7. The molecule has 2 amide bonds. The summed E-state index contributed by atoms with van der Waals surface area (Å²) < 4.78 is 4.82. The van der Waals surface area contributed by atoms with Crippen molar-refractivity contribution in [1.82, 2.24) is 20.6 Å². The van der Waals surface area contributed by atoms with Gasteiger partial charge in [0.1, 0.15) is 17.6 Å². The van der Waals surface area contributed by atoms with Gasteiger partial charge in [-0.3, -0.25) is 14.6 Å². The number of amides is 2. The lowest BCUT2D eigenvalue weighted by molar-refractivity contribution is -0.122. The van der Waals surface area contributed by atoms with Crippen molar-refractivity contribution in [2.75, 3.05) is 32.6 Å². The third-order valence-electron chi connectivity index (χ3n) is 2.47. The third kappa shape index (κ3) is 4.81. The first-order chi connectivity index (χ1) is 9.58.